The van der Waals surface area contributed by atoms with Gasteiger partial charge in [0, 0.05) is 33.5 Å². The molecule has 8 heteroatoms. The lowest BCUT2D eigenvalue weighted by atomic mass is 9.94. The van der Waals surface area contributed by atoms with Gasteiger partial charge in [-0.05, 0) is 53.3 Å². The van der Waals surface area contributed by atoms with Crippen LogP contribution in [0.5, 0.6) is 0 Å². The second-order valence-corrected chi connectivity index (χ2v) is 11.5. The van der Waals surface area contributed by atoms with Crippen LogP contribution in [0.15, 0.2) is 98.7 Å². The summed E-state index contributed by atoms with van der Waals surface area (Å²) in [5, 5.41) is 1.12. The molecule has 0 fully saturated rings. The van der Waals surface area contributed by atoms with Gasteiger partial charge >= 0.3 is 0 Å². The molecule has 0 amide bonds. The minimum absolute atomic E-state index is 0.0790. The summed E-state index contributed by atoms with van der Waals surface area (Å²) in [6.45, 7) is 1.93. The number of carbonyl (C=O) groups is 1. The van der Waals surface area contributed by atoms with Crippen molar-refractivity contribution in [2.75, 3.05) is 6.26 Å². The van der Waals surface area contributed by atoms with Crippen LogP contribution in [0.1, 0.15) is 29.4 Å². The van der Waals surface area contributed by atoms with E-state index in [2.05, 4.69) is 15.9 Å². The number of aromatic nitrogens is 1. The van der Waals surface area contributed by atoms with E-state index in [0.717, 1.165) is 16.3 Å². The minimum atomic E-state index is -3.36. The number of carbonyl (C=O) groups excluding carboxylic acids is 1. The van der Waals surface area contributed by atoms with Gasteiger partial charge in [0.05, 0.1) is 11.4 Å². The van der Waals surface area contributed by atoms with Crippen LogP contribution < -0.4 is 11.3 Å². The number of ketones is 1. The Hall–Kier alpha value is -3.49. The number of rotatable bonds is 7. The Balaban J connectivity index is 2.07. The number of halogens is 1. The van der Waals surface area contributed by atoms with Gasteiger partial charge in [0.1, 0.15) is 5.69 Å². The molecule has 0 aliphatic rings. The summed E-state index contributed by atoms with van der Waals surface area (Å²) in [4.78, 5) is 27.6. The fourth-order valence-electron chi connectivity index (χ4n) is 4.09. The first-order valence-electron chi connectivity index (χ1n) is 11.3. The second kappa shape index (κ2) is 10.2. The Morgan fingerprint density at radius 3 is 2.28 bits per heavy atom. The van der Waals surface area contributed by atoms with Crippen LogP contribution in [0.25, 0.3) is 21.9 Å². The Kier molecular flexibility index (Phi) is 7.28. The van der Waals surface area contributed by atoms with E-state index in [4.69, 9.17) is 5.73 Å². The van der Waals surface area contributed by atoms with Gasteiger partial charge in [-0.2, -0.15) is 0 Å². The minimum Gasteiger partial charge on any atom is -0.402 e. The number of fused-ring (bicyclic) bond motifs is 1. The van der Waals surface area contributed by atoms with E-state index in [-0.39, 0.29) is 28.5 Å². The fraction of sp³-hybridized carbons (Fsp3) is 0.143. The third kappa shape index (κ3) is 5.20. The van der Waals surface area contributed by atoms with E-state index in [1.54, 1.807) is 24.3 Å². The van der Waals surface area contributed by atoms with Crippen molar-refractivity contribution in [3.8, 4) is 11.1 Å². The molecule has 0 bridgehead atoms. The van der Waals surface area contributed by atoms with E-state index in [1.807, 2.05) is 43.3 Å². The lowest BCUT2D eigenvalue weighted by Crippen LogP contribution is -2.28. The molecular weight excluding hydrogens is 540 g/mol. The normalized spacial score (nSPS) is 12.1. The predicted molar refractivity (Wildman–Crippen MR) is 147 cm³/mol. The Bertz CT molecular complexity index is 1660. The number of hydrogen-bond acceptors (Lipinski definition) is 5. The molecule has 2 N–H and O–H groups in total. The number of pyridine rings is 1. The van der Waals surface area contributed by atoms with Gasteiger partial charge < -0.3 is 5.73 Å². The van der Waals surface area contributed by atoms with Gasteiger partial charge in [-0.15, -0.1) is 0 Å². The molecule has 0 saturated heterocycles. The summed E-state index contributed by atoms with van der Waals surface area (Å²) in [7, 11) is -3.36. The zero-order valence-electron chi connectivity index (χ0n) is 19.9. The molecule has 0 spiro atoms. The van der Waals surface area contributed by atoms with Crippen LogP contribution in [-0.2, 0) is 16.4 Å². The summed E-state index contributed by atoms with van der Waals surface area (Å²) in [6.07, 6.45) is 3.00. The van der Waals surface area contributed by atoms with E-state index in [9.17, 15) is 18.0 Å². The van der Waals surface area contributed by atoms with Crippen LogP contribution in [0.3, 0.4) is 0 Å². The highest BCUT2D eigenvalue weighted by atomic mass is 79.9. The lowest BCUT2D eigenvalue weighted by molar-refractivity contribution is 0.103. The van der Waals surface area contributed by atoms with Crippen molar-refractivity contribution >= 4 is 42.3 Å². The first-order valence-corrected chi connectivity index (χ1v) is 14.0. The maximum Gasteiger partial charge on any atom is 0.259 e. The highest BCUT2D eigenvalue weighted by Crippen LogP contribution is 2.33. The number of allylic oxidation sites excluding steroid dienone is 2. The number of nitrogens with two attached hydrogens (primary N) is 1. The quantitative estimate of drug-likeness (QED) is 0.242. The summed E-state index contributed by atoms with van der Waals surface area (Å²) in [5.74, 6) is -0.375. The van der Waals surface area contributed by atoms with E-state index in [0.29, 0.717) is 34.0 Å². The third-order valence-corrected chi connectivity index (χ3v) is 7.57. The maximum atomic E-state index is 13.8. The van der Waals surface area contributed by atoms with Crippen molar-refractivity contribution in [1.82, 2.24) is 4.57 Å². The molecule has 6 nitrogen and oxygen atoms in total. The molecular formula is C28H25BrN2O4S. The highest BCUT2D eigenvalue weighted by Gasteiger charge is 2.23. The lowest BCUT2D eigenvalue weighted by Gasteiger charge is -2.19. The average molecular weight is 565 g/mol. The standard InChI is InChI=1S/C28H25BrN2O4S/c1-3-21(30)16-25(32)27-26(19-7-5-4-6-8-19)24-15-20(29)11-14-23(24)28(33)31(27)17-18-9-12-22(13-10-18)36(2,34)35/h4-16H,3,17,30H2,1-2H3. The highest BCUT2D eigenvalue weighted by molar-refractivity contribution is 9.10. The number of sulfone groups is 1. The Labute approximate surface area is 218 Å². The van der Waals surface area contributed by atoms with Crippen molar-refractivity contribution in [2.24, 2.45) is 5.73 Å². The van der Waals surface area contributed by atoms with Crippen LogP contribution in [0, 0.1) is 0 Å². The van der Waals surface area contributed by atoms with Gasteiger partial charge in [-0.3, -0.25) is 14.2 Å². The first-order chi connectivity index (χ1) is 17.1. The molecule has 3 aromatic carbocycles. The first kappa shape index (κ1) is 25.6. The maximum absolute atomic E-state index is 13.8. The molecule has 4 rings (SSSR count). The van der Waals surface area contributed by atoms with Crippen LogP contribution >= 0.6 is 15.9 Å². The molecule has 1 aromatic heterocycles. The molecule has 0 radical (unpaired) electrons. The van der Waals surface area contributed by atoms with E-state index >= 15 is 0 Å². The molecule has 0 saturated carbocycles. The average Bonchev–Trinajstić information content (AvgIpc) is 2.85. The number of nitrogens with zero attached hydrogens (tertiary/aromatic N) is 1. The van der Waals surface area contributed by atoms with E-state index in [1.165, 1.54) is 22.8 Å². The summed E-state index contributed by atoms with van der Waals surface area (Å²) in [5.41, 5.74) is 8.43. The summed E-state index contributed by atoms with van der Waals surface area (Å²) < 4.78 is 26.0. The molecule has 0 atom stereocenters. The Morgan fingerprint density at radius 1 is 1.00 bits per heavy atom. The van der Waals surface area contributed by atoms with Gasteiger partial charge in [0.2, 0.25) is 5.78 Å². The van der Waals surface area contributed by atoms with Crippen molar-refractivity contribution in [3.05, 3.63) is 111 Å². The monoisotopic (exact) mass is 564 g/mol. The zero-order chi connectivity index (χ0) is 26.0. The summed E-state index contributed by atoms with van der Waals surface area (Å²) in [6, 6.07) is 21.1. The largest absolute Gasteiger partial charge is 0.402 e. The molecule has 4 aromatic rings. The summed E-state index contributed by atoms with van der Waals surface area (Å²) >= 11 is 3.50. The third-order valence-electron chi connectivity index (χ3n) is 5.95. The molecule has 0 unspecified atom stereocenters. The van der Waals surface area contributed by atoms with Crippen LogP contribution in [0.4, 0.5) is 0 Å². The molecule has 36 heavy (non-hydrogen) atoms. The van der Waals surface area contributed by atoms with E-state index < -0.39 is 9.84 Å². The fourth-order valence-corrected chi connectivity index (χ4v) is 5.08. The molecule has 184 valence electrons. The van der Waals surface area contributed by atoms with Gasteiger partial charge in [0.25, 0.3) is 5.56 Å². The van der Waals surface area contributed by atoms with Crippen molar-refractivity contribution < 1.29 is 13.2 Å². The van der Waals surface area contributed by atoms with Crippen LogP contribution in [-0.4, -0.2) is 25.0 Å². The molecule has 0 aliphatic carbocycles. The Morgan fingerprint density at radius 2 is 1.67 bits per heavy atom. The predicted octanol–water partition coefficient (Wildman–Crippen LogP) is 5.32. The topological polar surface area (TPSA) is 99.2 Å². The SMILES string of the molecule is CCC(N)=CC(=O)c1c(-c2ccccc2)c2cc(Br)ccc2c(=O)n1Cc1ccc(S(C)(=O)=O)cc1. The van der Waals surface area contributed by atoms with Crippen molar-refractivity contribution in [3.63, 3.8) is 0 Å². The second-order valence-electron chi connectivity index (χ2n) is 8.52. The van der Waals surface area contributed by atoms with Crippen LogP contribution in [0.2, 0.25) is 0 Å². The molecule has 1 heterocycles. The number of benzene rings is 3. The van der Waals surface area contributed by atoms with Crippen molar-refractivity contribution in [1.29, 1.82) is 0 Å². The van der Waals surface area contributed by atoms with Gasteiger partial charge in [-0.25, -0.2) is 8.42 Å². The smallest absolute Gasteiger partial charge is 0.259 e. The van der Waals surface area contributed by atoms with Crippen molar-refractivity contribution in [2.45, 2.75) is 24.8 Å². The molecule has 0 aliphatic heterocycles. The zero-order valence-corrected chi connectivity index (χ0v) is 22.3. The van der Waals surface area contributed by atoms with Gasteiger partial charge in [0.15, 0.2) is 9.84 Å². The van der Waals surface area contributed by atoms with Gasteiger partial charge in [-0.1, -0.05) is 65.3 Å². The number of hydrogen-bond donors (Lipinski definition) is 1.